The number of aromatic amines is 1. The minimum atomic E-state index is -3.08. The van der Waals surface area contributed by atoms with Crippen molar-refractivity contribution in [2.24, 2.45) is 0 Å². The van der Waals surface area contributed by atoms with E-state index in [2.05, 4.69) is 19.9 Å². The molecule has 4 heterocycles. The topological polar surface area (TPSA) is 84.0 Å². The van der Waals surface area contributed by atoms with Gasteiger partial charge in [-0.25, -0.2) is 18.7 Å². The maximum Gasteiger partial charge on any atom is 0.287 e. The second-order valence-electron chi connectivity index (χ2n) is 7.17. The summed E-state index contributed by atoms with van der Waals surface area (Å²) in [6.45, 7) is -0.336. The van der Waals surface area contributed by atoms with Gasteiger partial charge in [0.15, 0.2) is 11.8 Å². The van der Waals surface area contributed by atoms with Gasteiger partial charge in [0.2, 0.25) is 5.88 Å². The minimum absolute atomic E-state index is 0.0796. The molecule has 3 aromatic heterocycles. The number of hydrogen-bond acceptors (Lipinski definition) is 5. The number of ether oxygens (including phenoxy) is 1. The molecule has 4 aromatic rings. The van der Waals surface area contributed by atoms with Crippen LogP contribution < -0.4 is 4.74 Å². The predicted octanol–water partition coefficient (Wildman–Crippen LogP) is 3.43. The number of rotatable bonds is 3. The van der Waals surface area contributed by atoms with E-state index < -0.39 is 24.4 Å². The van der Waals surface area contributed by atoms with Crippen molar-refractivity contribution >= 4 is 28.0 Å². The maximum atomic E-state index is 14.6. The molecule has 0 unspecified atom stereocenters. The fraction of sp³-hybridized carbons (Fsp3) is 0.238. The van der Waals surface area contributed by atoms with Crippen LogP contribution in [0.2, 0.25) is 0 Å². The van der Waals surface area contributed by atoms with E-state index in [9.17, 15) is 13.6 Å². The number of fused-ring (bicyclic) bond motifs is 2. The van der Waals surface area contributed by atoms with Gasteiger partial charge in [0.1, 0.15) is 5.52 Å². The number of nitrogens with one attached hydrogen (secondary N) is 1. The lowest BCUT2D eigenvalue weighted by Gasteiger charge is -2.37. The Bertz CT molecular complexity index is 1240. The summed E-state index contributed by atoms with van der Waals surface area (Å²) in [6, 6.07) is 10.7. The molecule has 7 nitrogen and oxygen atoms in total. The van der Waals surface area contributed by atoms with E-state index in [0.717, 1.165) is 5.39 Å². The Morgan fingerprint density at radius 2 is 2.00 bits per heavy atom. The second-order valence-corrected chi connectivity index (χ2v) is 7.17. The zero-order valence-corrected chi connectivity index (χ0v) is 15.8. The van der Waals surface area contributed by atoms with Gasteiger partial charge in [0.05, 0.1) is 17.6 Å². The van der Waals surface area contributed by atoms with Crippen LogP contribution in [0, 0.1) is 0 Å². The van der Waals surface area contributed by atoms with Crippen LogP contribution >= 0.6 is 0 Å². The second kappa shape index (κ2) is 7.01. The average Bonchev–Trinajstić information content (AvgIpc) is 3.19. The average molecular weight is 409 g/mol. The lowest BCUT2D eigenvalue weighted by molar-refractivity contribution is -0.131. The van der Waals surface area contributed by atoms with Crippen LogP contribution in [0.4, 0.5) is 8.78 Å². The van der Waals surface area contributed by atoms with Crippen LogP contribution in [0.15, 0.2) is 55.0 Å². The third-order valence-electron chi connectivity index (χ3n) is 5.23. The summed E-state index contributed by atoms with van der Waals surface area (Å²) in [4.78, 5) is 29.8. The SMILES string of the molecule is O=C(c1c[nH]c2nccnc12)N1CCC(F)(F)[C@@H](Oc2ccc3ccccc3n2)C1. The van der Waals surface area contributed by atoms with Gasteiger partial charge >= 0.3 is 0 Å². The van der Waals surface area contributed by atoms with Crippen LogP contribution in [-0.4, -0.2) is 55.9 Å². The van der Waals surface area contributed by atoms with Crippen LogP contribution in [0.5, 0.6) is 5.88 Å². The Morgan fingerprint density at radius 1 is 1.17 bits per heavy atom. The first kappa shape index (κ1) is 18.4. The first-order chi connectivity index (χ1) is 14.5. The number of H-pyrrole nitrogens is 1. The van der Waals surface area contributed by atoms with Gasteiger partial charge in [0.25, 0.3) is 11.8 Å². The van der Waals surface area contributed by atoms with Crippen LogP contribution in [0.1, 0.15) is 16.8 Å². The third kappa shape index (κ3) is 3.22. The highest BCUT2D eigenvalue weighted by atomic mass is 19.3. The molecule has 1 N–H and O–H groups in total. The first-order valence-corrected chi connectivity index (χ1v) is 9.49. The van der Waals surface area contributed by atoms with E-state index in [1.807, 2.05) is 18.2 Å². The largest absolute Gasteiger partial charge is 0.466 e. The third-order valence-corrected chi connectivity index (χ3v) is 5.23. The zero-order valence-electron chi connectivity index (χ0n) is 15.8. The normalized spacial score (nSPS) is 18.6. The van der Waals surface area contributed by atoms with Crippen molar-refractivity contribution in [2.45, 2.75) is 18.4 Å². The molecule has 1 aromatic carbocycles. The Balaban J connectivity index is 1.39. The Labute approximate surface area is 169 Å². The number of amides is 1. The van der Waals surface area contributed by atoms with Gasteiger partial charge in [-0.1, -0.05) is 18.2 Å². The maximum absolute atomic E-state index is 14.6. The van der Waals surface area contributed by atoms with Gasteiger partial charge < -0.3 is 14.6 Å². The molecular weight excluding hydrogens is 392 g/mol. The van der Waals surface area contributed by atoms with Gasteiger partial charge in [-0.15, -0.1) is 0 Å². The summed E-state index contributed by atoms with van der Waals surface area (Å²) in [5.74, 6) is -3.37. The molecule has 152 valence electrons. The van der Waals surface area contributed by atoms with Crippen LogP contribution in [0.25, 0.3) is 22.1 Å². The molecule has 9 heteroatoms. The van der Waals surface area contributed by atoms with Crippen molar-refractivity contribution in [3.05, 3.63) is 60.6 Å². The fourth-order valence-electron chi connectivity index (χ4n) is 3.62. The number of piperidine rings is 1. The molecule has 30 heavy (non-hydrogen) atoms. The van der Waals surface area contributed by atoms with Gasteiger partial charge in [0, 0.05) is 43.0 Å². The summed E-state index contributed by atoms with van der Waals surface area (Å²) in [5.41, 5.74) is 1.83. The standard InChI is InChI=1S/C21H17F2N5O2/c22-21(23)7-10-28(20(29)14-11-26-19-18(14)24-8-9-25-19)12-16(21)30-17-6-5-13-3-1-2-4-15(13)27-17/h1-6,8-9,11,16H,7,10,12H2,(H,25,26)/t16-/m0/s1. The molecule has 1 amide bonds. The monoisotopic (exact) mass is 409 g/mol. The molecule has 1 fully saturated rings. The van der Waals surface area contributed by atoms with Crippen LogP contribution in [-0.2, 0) is 0 Å². The zero-order chi connectivity index (χ0) is 20.7. The van der Waals surface area contributed by atoms with E-state index in [1.165, 1.54) is 23.5 Å². The number of halogens is 2. The fourth-order valence-corrected chi connectivity index (χ4v) is 3.62. The highest BCUT2D eigenvalue weighted by molar-refractivity contribution is 6.04. The molecule has 1 atom stereocenters. The number of alkyl halides is 2. The number of pyridine rings is 1. The number of benzene rings is 1. The minimum Gasteiger partial charge on any atom is -0.466 e. The molecule has 0 radical (unpaired) electrons. The number of likely N-dealkylation sites (tertiary alicyclic amines) is 1. The number of hydrogen-bond donors (Lipinski definition) is 1. The Kier molecular flexibility index (Phi) is 4.30. The number of carbonyl (C=O) groups excluding carboxylic acids is 1. The molecule has 5 rings (SSSR count). The van der Waals surface area contributed by atoms with Gasteiger partial charge in [-0.05, 0) is 12.1 Å². The number of nitrogens with zero attached hydrogens (tertiary/aromatic N) is 4. The lowest BCUT2D eigenvalue weighted by atomic mass is 10.0. The van der Waals surface area contributed by atoms with E-state index in [1.54, 1.807) is 18.2 Å². The van der Waals surface area contributed by atoms with E-state index >= 15 is 0 Å². The summed E-state index contributed by atoms with van der Waals surface area (Å²) in [6.07, 6.45) is 2.50. The predicted molar refractivity (Wildman–Crippen MR) is 106 cm³/mol. The van der Waals surface area contributed by atoms with Crippen molar-refractivity contribution in [2.75, 3.05) is 13.1 Å². The van der Waals surface area contributed by atoms with Crippen molar-refractivity contribution in [3.63, 3.8) is 0 Å². The molecular formula is C21H17F2N5O2. The summed E-state index contributed by atoms with van der Waals surface area (Å²) < 4.78 is 34.7. The van der Waals surface area contributed by atoms with Crippen molar-refractivity contribution < 1.29 is 18.3 Å². The van der Waals surface area contributed by atoms with Crippen LogP contribution in [0.3, 0.4) is 0 Å². The Morgan fingerprint density at radius 3 is 2.90 bits per heavy atom. The quantitative estimate of drug-likeness (QED) is 0.560. The van der Waals surface area contributed by atoms with E-state index in [-0.39, 0.29) is 19.0 Å². The highest BCUT2D eigenvalue weighted by Crippen LogP contribution is 2.32. The smallest absolute Gasteiger partial charge is 0.287 e. The molecule has 1 aliphatic heterocycles. The molecule has 1 saturated heterocycles. The van der Waals surface area contributed by atoms with E-state index in [4.69, 9.17) is 4.74 Å². The summed E-state index contributed by atoms with van der Waals surface area (Å²) in [7, 11) is 0. The van der Waals surface area contributed by atoms with Crippen molar-refractivity contribution in [3.8, 4) is 5.88 Å². The summed E-state index contributed by atoms with van der Waals surface area (Å²) in [5, 5.41) is 0.887. The Hall–Kier alpha value is -3.62. The van der Waals surface area contributed by atoms with Gasteiger partial charge in [-0.2, -0.15) is 0 Å². The number of para-hydroxylation sites is 1. The lowest BCUT2D eigenvalue weighted by Crippen LogP contribution is -2.55. The van der Waals surface area contributed by atoms with Crippen molar-refractivity contribution in [1.82, 2.24) is 24.8 Å². The molecule has 1 aliphatic rings. The summed E-state index contributed by atoms with van der Waals surface area (Å²) >= 11 is 0. The van der Waals surface area contributed by atoms with Crippen molar-refractivity contribution in [1.29, 1.82) is 0 Å². The molecule has 0 spiro atoms. The van der Waals surface area contributed by atoms with E-state index in [0.29, 0.717) is 22.2 Å². The number of aromatic nitrogens is 4. The van der Waals surface area contributed by atoms with Gasteiger partial charge in [-0.3, -0.25) is 9.78 Å². The molecule has 0 saturated carbocycles. The first-order valence-electron chi connectivity index (χ1n) is 9.49. The highest BCUT2D eigenvalue weighted by Gasteiger charge is 2.47. The molecule has 0 bridgehead atoms. The number of carbonyl (C=O) groups is 1. The molecule has 0 aliphatic carbocycles.